The van der Waals surface area contributed by atoms with Gasteiger partial charge < -0.3 is 10.3 Å². The second-order valence-corrected chi connectivity index (χ2v) is 4.86. The molecule has 6 heteroatoms. The molecular formula is C12H18N6. The molecular weight excluding hydrogens is 228 g/mol. The first-order chi connectivity index (χ1) is 8.75. The van der Waals surface area contributed by atoms with E-state index in [1.807, 2.05) is 13.2 Å². The molecule has 0 saturated heterocycles. The van der Waals surface area contributed by atoms with E-state index in [1.54, 1.807) is 10.9 Å². The first kappa shape index (κ1) is 11.4. The van der Waals surface area contributed by atoms with Gasteiger partial charge in [0.05, 0.1) is 12.2 Å². The molecule has 2 aromatic heterocycles. The molecule has 0 aliphatic carbocycles. The van der Waals surface area contributed by atoms with Crippen LogP contribution in [0.2, 0.25) is 0 Å². The minimum atomic E-state index is -0.238. The average molecular weight is 246 g/mol. The number of hydrogen-bond acceptors (Lipinski definition) is 4. The lowest BCUT2D eigenvalue weighted by molar-refractivity contribution is 0.588. The van der Waals surface area contributed by atoms with Crippen molar-refractivity contribution < 1.29 is 0 Å². The zero-order valence-electron chi connectivity index (χ0n) is 10.6. The van der Waals surface area contributed by atoms with Crippen molar-refractivity contribution in [3.8, 4) is 0 Å². The fraction of sp³-hybridized carbons (Fsp3) is 0.583. The first-order valence-electron chi connectivity index (χ1n) is 6.42. The number of fused-ring (bicyclic) bond motifs is 1. The Morgan fingerprint density at radius 3 is 2.94 bits per heavy atom. The Hall–Kier alpha value is -1.69. The second kappa shape index (κ2) is 4.53. The summed E-state index contributed by atoms with van der Waals surface area (Å²) in [5.41, 5.74) is 7.26. The lowest BCUT2D eigenvalue weighted by atomic mass is 10.1. The maximum Gasteiger partial charge on any atom is 0.154 e. The molecule has 3 rings (SSSR count). The van der Waals surface area contributed by atoms with Crippen LogP contribution in [0, 0.1) is 0 Å². The van der Waals surface area contributed by atoms with Gasteiger partial charge in [0.15, 0.2) is 5.82 Å². The molecule has 18 heavy (non-hydrogen) atoms. The molecule has 2 aromatic rings. The Labute approximate surface area is 106 Å². The standard InChI is InChI=1S/C12H18N6/c1-17-8-9(7-14-17)11(13)12-16-15-10-5-3-2-4-6-18(10)12/h7-8,11H,2-6,13H2,1H3. The number of aromatic nitrogens is 5. The van der Waals surface area contributed by atoms with Crippen LogP contribution < -0.4 is 5.73 Å². The summed E-state index contributed by atoms with van der Waals surface area (Å²) in [6.45, 7) is 0.978. The molecule has 0 amide bonds. The summed E-state index contributed by atoms with van der Waals surface area (Å²) in [4.78, 5) is 0. The van der Waals surface area contributed by atoms with Crippen molar-refractivity contribution >= 4 is 0 Å². The van der Waals surface area contributed by atoms with Crippen LogP contribution in [0.4, 0.5) is 0 Å². The van der Waals surface area contributed by atoms with Crippen molar-refractivity contribution in [1.82, 2.24) is 24.5 Å². The van der Waals surface area contributed by atoms with Crippen LogP contribution in [0.3, 0.4) is 0 Å². The Kier molecular flexibility index (Phi) is 2.87. The molecule has 0 bridgehead atoms. The molecule has 3 heterocycles. The lowest BCUT2D eigenvalue weighted by Gasteiger charge is -2.11. The quantitative estimate of drug-likeness (QED) is 0.850. The highest BCUT2D eigenvalue weighted by atomic mass is 15.3. The third-order valence-electron chi connectivity index (χ3n) is 3.50. The lowest BCUT2D eigenvalue weighted by Crippen LogP contribution is -2.18. The second-order valence-electron chi connectivity index (χ2n) is 4.86. The molecule has 6 nitrogen and oxygen atoms in total. The summed E-state index contributed by atoms with van der Waals surface area (Å²) in [5, 5.41) is 12.7. The van der Waals surface area contributed by atoms with Gasteiger partial charge in [-0.15, -0.1) is 10.2 Å². The summed E-state index contributed by atoms with van der Waals surface area (Å²) >= 11 is 0. The van der Waals surface area contributed by atoms with Gasteiger partial charge in [-0.05, 0) is 12.8 Å². The normalized spacial score (nSPS) is 17.2. The highest BCUT2D eigenvalue weighted by Gasteiger charge is 2.21. The molecule has 0 saturated carbocycles. The minimum Gasteiger partial charge on any atom is -0.318 e. The van der Waals surface area contributed by atoms with Gasteiger partial charge in [-0.2, -0.15) is 5.10 Å². The summed E-state index contributed by atoms with van der Waals surface area (Å²) < 4.78 is 3.94. The molecule has 0 aromatic carbocycles. The number of nitrogens with two attached hydrogens (primary N) is 1. The number of nitrogens with zero attached hydrogens (tertiary/aromatic N) is 5. The van der Waals surface area contributed by atoms with E-state index < -0.39 is 0 Å². The Balaban J connectivity index is 1.94. The van der Waals surface area contributed by atoms with Crippen molar-refractivity contribution in [3.63, 3.8) is 0 Å². The zero-order chi connectivity index (χ0) is 12.5. The fourth-order valence-electron chi connectivity index (χ4n) is 2.49. The van der Waals surface area contributed by atoms with Gasteiger partial charge in [0.1, 0.15) is 5.82 Å². The van der Waals surface area contributed by atoms with E-state index in [4.69, 9.17) is 5.73 Å². The van der Waals surface area contributed by atoms with Crippen LogP contribution in [-0.2, 0) is 20.0 Å². The molecule has 2 N–H and O–H groups in total. The van der Waals surface area contributed by atoms with Gasteiger partial charge in [-0.1, -0.05) is 6.42 Å². The monoisotopic (exact) mass is 246 g/mol. The molecule has 0 fully saturated rings. The minimum absolute atomic E-state index is 0.238. The smallest absolute Gasteiger partial charge is 0.154 e. The SMILES string of the molecule is Cn1cc(C(N)c2nnc3n2CCCCC3)cn1. The van der Waals surface area contributed by atoms with E-state index in [-0.39, 0.29) is 6.04 Å². The molecule has 0 spiro atoms. The van der Waals surface area contributed by atoms with Gasteiger partial charge in [0.25, 0.3) is 0 Å². The van der Waals surface area contributed by atoms with Crippen molar-refractivity contribution in [2.24, 2.45) is 12.8 Å². The summed E-state index contributed by atoms with van der Waals surface area (Å²) in [7, 11) is 1.89. The van der Waals surface area contributed by atoms with Gasteiger partial charge in [-0.3, -0.25) is 4.68 Å². The van der Waals surface area contributed by atoms with Crippen molar-refractivity contribution in [1.29, 1.82) is 0 Å². The van der Waals surface area contributed by atoms with E-state index in [2.05, 4.69) is 19.9 Å². The maximum atomic E-state index is 6.27. The number of aryl methyl sites for hydroxylation is 2. The largest absolute Gasteiger partial charge is 0.318 e. The topological polar surface area (TPSA) is 74.6 Å². The highest BCUT2D eigenvalue weighted by Crippen LogP contribution is 2.21. The van der Waals surface area contributed by atoms with Gasteiger partial charge in [0, 0.05) is 31.8 Å². The third-order valence-corrected chi connectivity index (χ3v) is 3.50. The maximum absolute atomic E-state index is 6.27. The van der Waals surface area contributed by atoms with Crippen LogP contribution in [-0.4, -0.2) is 24.5 Å². The number of rotatable bonds is 2. The van der Waals surface area contributed by atoms with Gasteiger partial charge in [-0.25, -0.2) is 0 Å². The van der Waals surface area contributed by atoms with E-state index in [9.17, 15) is 0 Å². The van der Waals surface area contributed by atoms with Crippen LogP contribution >= 0.6 is 0 Å². The zero-order valence-corrected chi connectivity index (χ0v) is 10.6. The Bertz CT molecular complexity index is 541. The Morgan fingerprint density at radius 1 is 1.28 bits per heavy atom. The van der Waals surface area contributed by atoms with Gasteiger partial charge in [0.2, 0.25) is 0 Å². The molecule has 1 aliphatic heterocycles. The fourth-order valence-corrected chi connectivity index (χ4v) is 2.49. The van der Waals surface area contributed by atoms with E-state index in [0.717, 1.165) is 30.2 Å². The molecule has 96 valence electrons. The molecule has 0 radical (unpaired) electrons. The third kappa shape index (κ3) is 1.92. The van der Waals surface area contributed by atoms with E-state index >= 15 is 0 Å². The van der Waals surface area contributed by atoms with E-state index in [0.29, 0.717) is 0 Å². The van der Waals surface area contributed by atoms with Crippen molar-refractivity contribution in [2.75, 3.05) is 0 Å². The average Bonchev–Trinajstić information content (AvgIpc) is 2.89. The summed E-state index contributed by atoms with van der Waals surface area (Å²) in [6.07, 6.45) is 8.36. The van der Waals surface area contributed by atoms with Crippen molar-refractivity contribution in [2.45, 2.75) is 38.3 Å². The molecule has 1 atom stereocenters. The summed E-state index contributed by atoms with van der Waals surface area (Å²) in [5.74, 6) is 1.93. The first-order valence-corrected chi connectivity index (χ1v) is 6.42. The predicted molar refractivity (Wildman–Crippen MR) is 66.8 cm³/mol. The Morgan fingerprint density at radius 2 is 2.17 bits per heavy atom. The van der Waals surface area contributed by atoms with E-state index in [1.165, 1.54) is 19.3 Å². The predicted octanol–water partition coefficient (Wildman–Crippen LogP) is 0.786. The van der Waals surface area contributed by atoms with Crippen LogP contribution in [0.5, 0.6) is 0 Å². The van der Waals surface area contributed by atoms with Crippen LogP contribution in [0.15, 0.2) is 12.4 Å². The van der Waals surface area contributed by atoms with Crippen molar-refractivity contribution in [3.05, 3.63) is 29.6 Å². The number of hydrogen-bond donors (Lipinski definition) is 1. The van der Waals surface area contributed by atoms with Crippen LogP contribution in [0.1, 0.15) is 42.5 Å². The van der Waals surface area contributed by atoms with Crippen LogP contribution in [0.25, 0.3) is 0 Å². The molecule has 1 aliphatic rings. The highest BCUT2D eigenvalue weighted by molar-refractivity contribution is 5.19. The molecule has 1 unspecified atom stereocenters. The van der Waals surface area contributed by atoms with Gasteiger partial charge >= 0.3 is 0 Å². The summed E-state index contributed by atoms with van der Waals surface area (Å²) in [6, 6.07) is -0.238.